The molecule has 2 rings (SSSR count). The summed E-state index contributed by atoms with van der Waals surface area (Å²) >= 11 is 5.89. The van der Waals surface area contributed by atoms with Gasteiger partial charge in [0.1, 0.15) is 0 Å². The summed E-state index contributed by atoms with van der Waals surface area (Å²) in [7, 11) is -3.42. The van der Waals surface area contributed by atoms with Crippen LogP contribution in [0.25, 0.3) is 0 Å². The molecule has 1 aromatic carbocycles. The van der Waals surface area contributed by atoms with Gasteiger partial charge in [0.2, 0.25) is 10.0 Å². The Morgan fingerprint density at radius 2 is 2.00 bits per heavy atom. The summed E-state index contributed by atoms with van der Waals surface area (Å²) < 4.78 is 27.4. The van der Waals surface area contributed by atoms with Crippen LogP contribution >= 0.6 is 11.6 Å². The highest BCUT2D eigenvalue weighted by molar-refractivity contribution is 7.89. The monoisotopic (exact) mass is 329 g/mol. The fourth-order valence-electron chi connectivity index (χ4n) is 2.88. The van der Waals surface area contributed by atoms with E-state index < -0.39 is 10.0 Å². The lowest BCUT2D eigenvalue weighted by Gasteiger charge is -2.27. The number of rotatable bonds is 3. The van der Waals surface area contributed by atoms with Gasteiger partial charge in [-0.05, 0) is 41.9 Å². The Balaban J connectivity index is 2.32. The molecule has 1 fully saturated rings. The molecule has 1 aliphatic rings. The zero-order valence-electron chi connectivity index (χ0n) is 13.2. The van der Waals surface area contributed by atoms with Gasteiger partial charge >= 0.3 is 0 Å². The predicted molar refractivity (Wildman–Crippen MR) is 87.1 cm³/mol. The van der Waals surface area contributed by atoms with E-state index >= 15 is 0 Å². The summed E-state index contributed by atoms with van der Waals surface area (Å²) in [5.41, 5.74) is 1.79. The Hall–Kier alpha value is -0.580. The Kier molecular flexibility index (Phi) is 4.72. The van der Waals surface area contributed by atoms with Crippen LogP contribution in [-0.2, 0) is 15.9 Å². The van der Waals surface area contributed by atoms with Crippen molar-refractivity contribution >= 4 is 21.6 Å². The van der Waals surface area contributed by atoms with Gasteiger partial charge in [-0.3, -0.25) is 0 Å². The first-order chi connectivity index (χ1) is 9.67. The molecule has 0 aliphatic carbocycles. The number of sulfonamides is 1. The van der Waals surface area contributed by atoms with E-state index in [1.807, 2.05) is 13.0 Å². The molecule has 1 aromatic rings. The fourth-order valence-corrected chi connectivity index (χ4v) is 4.93. The van der Waals surface area contributed by atoms with Crippen LogP contribution in [0.15, 0.2) is 23.1 Å². The number of nitrogens with zero attached hydrogens (tertiary/aromatic N) is 1. The zero-order chi connectivity index (χ0) is 15.8. The molecule has 1 saturated heterocycles. The second-order valence-electron chi connectivity index (χ2n) is 6.89. The Labute approximate surface area is 133 Å². The third-order valence-electron chi connectivity index (χ3n) is 4.53. The van der Waals surface area contributed by atoms with Gasteiger partial charge in [0.05, 0.1) is 4.90 Å². The third-order valence-corrected chi connectivity index (χ3v) is 6.83. The Bertz CT molecular complexity index is 620. The van der Waals surface area contributed by atoms with E-state index in [9.17, 15) is 8.42 Å². The molecule has 1 atom stereocenters. The van der Waals surface area contributed by atoms with Crippen LogP contribution in [0.5, 0.6) is 0 Å². The van der Waals surface area contributed by atoms with E-state index in [0.717, 1.165) is 17.5 Å². The summed E-state index contributed by atoms with van der Waals surface area (Å²) in [6.45, 7) is 9.57. The van der Waals surface area contributed by atoms with Crippen molar-refractivity contribution in [3.05, 3.63) is 29.3 Å². The Morgan fingerprint density at radius 3 is 2.52 bits per heavy atom. The maximum Gasteiger partial charge on any atom is 0.243 e. The minimum absolute atomic E-state index is 0.136. The van der Waals surface area contributed by atoms with Crippen molar-refractivity contribution in [3.63, 3.8) is 0 Å². The van der Waals surface area contributed by atoms with Crippen molar-refractivity contribution < 1.29 is 8.42 Å². The molecule has 5 heteroatoms. The van der Waals surface area contributed by atoms with Crippen LogP contribution in [0.1, 0.15) is 38.3 Å². The van der Waals surface area contributed by atoms with Crippen molar-refractivity contribution in [2.24, 2.45) is 11.3 Å². The van der Waals surface area contributed by atoms with Crippen molar-refractivity contribution in [2.75, 3.05) is 13.1 Å². The van der Waals surface area contributed by atoms with Gasteiger partial charge in [0, 0.05) is 19.0 Å². The van der Waals surface area contributed by atoms with Crippen molar-refractivity contribution in [3.8, 4) is 0 Å². The van der Waals surface area contributed by atoms with Gasteiger partial charge in [0.25, 0.3) is 0 Å². The molecule has 21 heavy (non-hydrogen) atoms. The van der Waals surface area contributed by atoms with E-state index in [1.54, 1.807) is 16.4 Å². The minimum Gasteiger partial charge on any atom is -0.207 e. The molecule has 1 heterocycles. The SMILES string of the molecule is Cc1c(CCl)cccc1S(=O)(=O)N1CCC(C(C)(C)C)C1. The quantitative estimate of drug-likeness (QED) is 0.791. The van der Waals surface area contributed by atoms with E-state index in [2.05, 4.69) is 20.8 Å². The van der Waals surface area contributed by atoms with Crippen LogP contribution in [-0.4, -0.2) is 25.8 Å². The van der Waals surface area contributed by atoms with Crippen molar-refractivity contribution in [2.45, 2.75) is 44.9 Å². The first-order valence-electron chi connectivity index (χ1n) is 7.32. The van der Waals surface area contributed by atoms with Gasteiger partial charge in [0.15, 0.2) is 0 Å². The van der Waals surface area contributed by atoms with Crippen LogP contribution < -0.4 is 0 Å². The van der Waals surface area contributed by atoms with Crippen LogP contribution in [0.3, 0.4) is 0 Å². The number of hydrogen-bond donors (Lipinski definition) is 0. The molecule has 1 aliphatic heterocycles. The smallest absolute Gasteiger partial charge is 0.207 e. The summed E-state index contributed by atoms with van der Waals surface area (Å²) in [5.74, 6) is 0.739. The highest BCUT2D eigenvalue weighted by atomic mass is 35.5. The molecule has 0 saturated carbocycles. The molecule has 0 amide bonds. The van der Waals surface area contributed by atoms with E-state index in [1.165, 1.54) is 0 Å². The van der Waals surface area contributed by atoms with Gasteiger partial charge in [-0.2, -0.15) is 4.31 Å². The first kappa shape index (κ1) is 16.8. The molecular weight excluding hydrogens is 306 g/mol. The van der Waals surface area contributed by atoms with Gasteiger partial charge < -0.3 is 0 Å². The molecule has 0 bridgehead atoms. The summed E-state index contributed by atoms with van der Waals surface area (Å²) in [6.07, 6.45) is 0.928. The molecule has 118 valence electrons. The molecule has 0 N–H and O–H groups in total. The predicted octanol–water partition coefficient (Wildman–Crippen LogP) is 3.79. The van der Waals surface area contributed by atoms with Crippen molar-refractivity contribution in [1.82, 2.24) is 4.31 Å². The van der Waals surface area contributed by atoms with Crippen LogP contribution in [0, 0.1) is 18.3 Å². The number of alkyl halides is 1. The molecule has 0 spiro atoms. The second kappa shape index (κ2) is 5.90. The Morgan fingerprint density at radius 1 is 1.33 bits per heavy atom. The molecule has 3 nitrogen and oxygen atoms in total. The second-order valence-corrected chi connectivity index (χ2v) is 9.06. The maximum atomic E-state index is 12.9. The normalized spacial score (nSPS) is 20.9. The summed E-state index contributed by atoms with van der Waals surface area (Å²) in [5, 5.41) is 0. The van der Waals surface area contributed by atoms with Crippen LogP contribution in [0.2, 0.25) is 0 Å². The average molecular weight is 330 g/mol. The van der Waals surface area contributed by atoms with E-state index in [0.29, 0.717) is 29.8 Å². The summed E-state index contributed by atoms with van der Waals surface area (Å²) in [6, 6.07) is 5.34. The molecule has 1 unspecified atom stereocenters. The maximum absolute atomic E-state index is 12.9. The van der Waals surface area contributed by atoms with Gasteiger partial charge in [-0.1, -0.05) is 32.9 Å². The zero-order valence-corrected chi connectivity index (χ0v) is 14.8. The lowest BCUT2D eigenvalue weighted by atomic mass is 9.80. The van der Waals surface area contributed by atoms with E-state index in [4.69, 9.17) is 11.6 Å². The number of halogens is 1. The lowest BCUT2D eigenvalue weighted by molar-refractivity contribution is 0.252. The lowest BCUT2D eigenvalue weighted by Crippen LogP contribution is -2.31. The van der Waals surface area contributed by atoms with Crippen LogP contribution in [0.4, 0.5) is 0 Å². The van der Waals surface area contributed by atoms with Gasteiger partial charge in [-0.25, -0.2) is 8.42 Å². The van der Waals surface area contributed by atoms with Crippen molar-refractivity contribution in [1.29, 1.82) is 0 Å². The largest absolute Gasteiger partial charge is 0.243 e. The fraction of sp³-hybridized carbons (Fsp3) is 0.625. The van der Waals surface area contributed by atoms with E-state index in [-0.39, 0.29) is 5.41 Å². The topological polar surface area (TPSA) is 37.4 Å². The number of benzene rings is 1. The standard InChI is InChI=1S/C16H24ClNO2S/c1-12-13(10-17)6-5-7-15(12)21(19,20)18-9-8-14(11-18)16(2,3)4/h5-7,14H,8-11H2,1-4H3. The molecule has 0 aromatic heterocycles. The average Bonchev–Trinajstić information content (AvgIpc) is 2.89. The number of hydrogen-bond acceptors (Lipinski definition) is 2. The highest BCUT2D eigenvalue weighted by Crippen LogP contribution is 2.36. The molecular formula is C16H24ClNO2S. The highest BCUT2D eigenvalue weighted by Gasteiger charge is 2.38. The van der Waals surface area contributed by atoms with Gasteiger partial charge in [-0.15, -0.1) is 11.6 Å². The first-order valence-corrected chi connectivity index (χ1v) is 9.30. The third kappa shape index (κ3) is 3.27. The molecule has 0 radical (unpaired) electrons. The minimum atomic E-state index is -3.42. The summed E-state index contributed by atoms with van der Waals surface area (Å²) in [4.78, 5) is 0.398.